The predicted molar refractivity (Wildman–Crippen MR) is 87.0 cm³/mol. The second kappa shape index (κ2) is 8.43. The van der Waals surface area contributed by atoms with Gasteiger partial charge in [0.25, 0.3) is 0 Å². The lowest BCUT2D eigenvalue weighted by atomic mass is 10.2. The highest BCUT2D eigenvalue weighted by molar-refractivity contribution is 7.98. The zero-order chi connectivity index (χ0) is 14.3. The number of rotatable bonds is 8. The predicted octanol–water partition coefficient (Wildman–Crippen LogP) is 3.01. The van der Waals surface area contributed by atoms with Gasteiger partial charge in [-0.25, -0.2) is 0 Å². The maximum Gasteiger partial charge on any atom is 0.0562 e. The molecule has 0 saturated heterocycles. The summed E-state index contributed by atoms with van der Waals surface area (Å²) in [6.07, 6.45) is 4.06. The molecule has 19 heavy (non-hydrogen) atoms. The number of hydrogen-bond acceptors (Lipinski definition) is 4. The minimum atomic E-state index is 0.536. The smallest absolute Gasteiger partial charge is 0.0562 e. The first-order valence-electron chi connectivity index (χ1n) is 6.92. The normalized spacial score (nSPS) is 12.7. The van der Waals surface area contributed by atoms with Crippen LogP contribution < -0.4 is 10.2 Å². The number of anilines is 1. The van der Waals surface area contributed by atoms with E-state index in [9.17, 15) is 0 Å². The van der Waals surface area contributed by atoms with Gasteiger partial charge >= 0.3 is 0 Å². The van der Waals surface area contributed by atoms with Gasteiger partial charge in [-0.15, -0.1) is 0 Å². The van der Waals surface area contributed by atoms with Crippen molar-refractivity contribution in [2.24, 2.45) is 5.92 Å². The van der Waals surface area contributed by atoms with E-state index in [1.54, 1.807) is 0 Å². The fourth-order valence-electron chi connectivity index (χ4n) is 1.88. The molecule has 0 aliphatic carbocycles. The summed E-state index contributed by atoms with van der Waals surface area (Å²) < 4.78 is 0. The van der Waals surface area contributed by atoms with E-state index in [2.05, 4.69) is 61.4 Å². The van der Waals surface area contributed by atoms with Crippen LogP contribution in [0.1, 0.15) is 26.5 Å². The Morgan fingerprint density at radius 3 is 2.74 bits per heavy atom. The average Bonchev–Trinajstić information content (AvgIpc) is 2.38. The van der Waals surface area contributed by atoms with Crippen LogP contribution in [-0.2, 0) is 6.54 Å². The number of aromatic nitrogens is 1. The lowest BCUT2D eigenvalue weighted by Crippen LogP contribution is -2.31. The first-order valence-corrected chi connectivity index (χ1v) is 8.31. The van der Waals surface area contributed by atoms with Gasteiger partial charge in [0.2, 0.25) is 0 Å². The van der Waals surface area contributed by atoms with Crippen molar-refractivity contribution in [2.45, 2.75) is 33.4 Å². The maximum absolute atomic E-state index is 4.43. The average molecular weight is 281 g/mol. The van der Waals surface area contributed by atoms with Crippen LogP contribution in [0.25, 0.3) is 0 Å². The number of thioether (sulfide) groups is 1. The van der Waals surface area contributed by atoms with Crippen LogP contribution in [0, 0.1) is 5.92 Å². The van der Waals surface area contributed by atoms with Gasteiger partial charge in [0.1, 0.15) is 0 Å². The molecule has 3 nitrogen and oxygen atoms in total. The van der Waals surface area contributed by atoms with Crippen LogP contribution in [0.5, 0.6) is 0 Å². The Kier molecular flexibility index (Phi) is 7.24. The second-order valence-corrected chi connectivity index (χ2v) is 6.36. The lowest BCUT2D eigenvalue weighted by molar-refractivity contribution is 0.548. The fourth-order valence-corrected chi connectivity index (χ4v) is 2.58. The van der Waals surface area contributed by atoms with E-state index in [4.69, 9.17) is 0 Å². The van der Waals surface area contributed by atoms with Crippen molar-refractivity contribution in [3.8, 4) is 0 Å². The highest BCUT2D eigenvalue weighted by Gasteiger charge is 2.10. The highest BCUT2D eigenvalue weighted by atomic mass is 32.2. The third-order valence-corrected chi connectivity index (χ3v) is 3.95. The molecule has 1 atom stereocenters. The van der Waals surface area contributed by atoms with Crippen molar-refractivity contribution in [3.63, 3.8) is 0 Å². The Morgan fingerprint density at radius 1 is 1.37 bits per heavy atom. The molecule has 0 radical (unpaired) electrons. The standard InChI is InChI=1S/C15H27N3S/c1-12(2)9-16-10-14-8-15(6-7-17-14)18(4)13(3)11-19-5/h6-8,12-13,16H,9-11H2,1-5H3. The zero-order valence-electron chi connectivity index (χ0n) is 12.8. The molecule has 1 aromatic heterocycles. The molecule has 0 amide bonds. The van der Waals surface area contributed by atoms with Gasteiger partial charge < -0.3 is 10.2 Å². The Hall–Kier alpha value is -0.740. The number of nitrogens with one attached hydrogen (secondary N) is 1. The van der Waals surface area contributed by atoms with E-state index >= 15 is 0 Å². The van der Waals surface area contributed by atoms with Crippen molar-refractivity contribution in [1.29, 1.82) is 0 Å². The zero-order valence-corrected chi connectivity index (χ0v) is 13.6. The van der Waals surface area contributed by atoms with Crippen LogP contribution in [0.3, 0.4) is 0 Å². The maximum atomic E-state index is 4.43. The van der Waals surface area contributed by atoms with Gasteiger partial charge in [0.05, 0.1) is 5.69 Å². The summed E-state index contributed by atoms with van der Waals surface area (Å²) in [5.74, 6) is 1.81. The monoisotopic (exact) mass is 281 g/mol. The summed E-state index contributed by atoms with van der Waals surface area (Å²) in [5, 5.41) is 3.44. The highest BCUT2D eigenvalue weighted by Crippen LogP contribution is 2.17. The molecule has 0 aliphatic rings. The molecule has 0 aliphatic heterocycles. The van der Waals surface area contributed by atoms with Gasteiger partial charge in [-0.1, -0.05) is 13.8 Å². The molecule has 0 saturated carbocycles. The largest absolute Gasteiger partial charge is 0.371 e. The van der Waals surface area contributed by atoms with Crippen molar-refractivity contribution in [1.82, 2.24) is 10.3 Å². The molecule has 0 aromatic carbocycles. The summed E-state index contributed by atoms with van der Waals surface area (Å²) in [4.78, 5) is 6.75. The number of pyridine rings is 1. The Bertz CT molecular complexity index is 368. The van der Waals surface area contributed by atoms with Crippen molar-refractivity contribution >= 4 is 17.4 Å². The summed E-state index contributed by atoms with van der Waals surface area (Å²) in [7, 11) is 2.15. The summed E-state index contributed by atoms with van der Waals surface area (Å²) in [6, 6.07) is 4.81. The summed E-state index contributed by atoms with van der Waals surface area (Å²) >= 11 is 1.88. The van der Waals surface area contributed by atoms with Crippen molar-refractivity contribution in [3.05, 3.63) is 24.0 Å². The molecule has 1 aromatic rings. The molecular weight excluding hydrogens is 254 g/mol. The Labute approximate surface area is 122 Å². The molecule has 1 heterocycles. The Balaban J connectivity index is 2.60. The van der Waals surface area contributed by atoms with Gasteiger partial charge in [0.15, 0.2) is 0 Å². The minimum Gasteiger partial charge on any atom is -0.371 e. The summed E-state index contributed by atoms with van der Waals surface area (Å²) in [6.45, 7) is 8.57. The fraction of sp³-hybridized carbons (Fsp3) is 0.667. The van der Waals surface area contributed by atoms with Gasteiger partial charge in [-0.3, -0.25) is 4.98 Å². The number of nitrogens with zero attached hydrogens (tertiary/aromatic N) is 2. The molecule has 0 spiro atoms. The van der Waals surface area contributed by atoms with Crippen LogP contribution >= 0.6 is 11.8 Å². The molecule has 1 N–H and O–H groups in total. The van der Waals surface area contributed by atoms with Crippen molar-refractivity contribution < 1.29 is 0 Å². The Morgan fingerprint density at radius 2 is 2.11 bits per heavy atom. The van der Waals surface area contributed by atoms with Crippen LogP contribution in [0.2, 0.25) is 0 Å². The van der Waals surface area contributed by atoms with E-state index < -0.39 is 0 Å². The molecule has 108 valence electrons. The molecule has 4 heteroatoms. The first-order chi connectivity index (χ1) is 9.04. The van der Waals surface area contributed by atoms with E-state index in [1.165, 1.54) is 5.69 Å². The lowest BCUT2D eigenvalue weighted by Gasteiger charge is -2.26. The molecule has 0 fully saturated rings. The number of hydrogen-bond donors (Lipinski definition) is 1. The van der Waals surface area contributed by atoms with E-state index in [0.29, 0.717) is 12.0 Å². The van der Waals surface area contributed by atoms with Gasteiger partial charge in [-0.2, -0.15) is 11.8 Å². The van der Waals surface area contributed by atoms with E-state index in [1.807, 2.05) is 18.0 Å². The molecule has 0 bridgehead atoms. The van der Waals surface area contributed by atoms with Gasteiger partial charge in [-0.05, 0) is 37.8 Å². The van der Waals surface area contributed by atoms with E-state index in [-0.39, 0.29) is 0 Å². The minimum absolute atomic E-state index is 0.536. The van der Waals surface area contributed by atoms with Crippen LogP contribution in [0.4, 0.5) is 5.69 Å². The third kappa shape index (κ3) is 5.83. The van der Waals surface area contributed by atoms with E-state index in [0.717, 1.165) is 24.5 Å². The van der Waals surface area contributed by atoms with Gasteiger partial charge in [0, 0.05) is 37.3 Å². The van der Waals surface area contributed by atoms with Crippen LogP contribution in [-0.4, -0.2) is 36.6 Å². The molecule has 1 rings (SSSR count). The molecular formula is C15H27N3S. The first kappa shape index (κ1) is 16.3. The third-order valence-electron chi connectivity index (χ3n) is 3.14. The quantitative estimate of drug-likeness (QED) is 0.793. The molecule has 1 unspecified atom stereocenters. The second-order valence-electron chi connectivity index (χ2n) is 5.45. The topological polar surface area (TPSA) is 28.2 Å². The summed E-state index contributed by atoms with van der Waals surface area (Å²) in [5.41, 5.74) is 2.36. The van der Waals surface area contributed by atoms with Crippen molar-refractivity contribution in [2.75, 3.05) is 30.5 Å². The van der Waals surface area contributed by atoms with Crippen LogP contribution in [0.15, 0.2) is 18.3 Å². The SMILES string of the molecule is CSCC(C)N(C)c1ccnc(CNCC(C)C)c1.